The molecule has 9 heteroatoms. The van der Waals surface area contributed by atoms with E-state index in [4.69, 9.17) is 9.47 Å². The molecular formula is C23H29FN2O5S. The van der Waals surface area contributed by atoms with Crippen LogP contribution in [0.4, 0.5) is 4.39 Å². The van der Waals surface area contributed by atoms with E-state index in [1.807, 2.05) is 23.1 Å². The zero-order valence-corrected chi connectivity index (χ0v) is 19.4. The van der Waals surface area contributed by atoms with E-state index in [2.05, 4.69) is 0 Å². The molecule has 0 aliphatic heterocycles. The molecule has 2 aromatic carbocycles. The highest BCUT2D eigenvalue weighted by atomic mass is 32.2. The van der Waals surface area contributed by atoms with Crippen LogP contribution in [0.15, 0.2) is 47.4 Å². The Morgan fingerprint density at radius 1 is 1.09 bits per heavy atom. The fourth-order valence-electron chi connectivity index (χ4n) is 3.50. The highest BCUT2D eigenvalue weighted by Crippen LogP contribution is 2.32. The van der Waals surface area contributed by atoms with Crippen molar-refractivity contribution >= 4 is 15.9 Å². The van der Waals surface area contributed by atoms with Gasteiger partial charge in [-0.05, 0) is 61.7 Å². The van der Waals surface area contributed by atoms with Crippen molar-refractivity contribution in [3.05, 3.63) is 53.8 Å². The predicted molar refractivity (Wildman–Crippen MR) is 119 cm³/mol. The van der Waals surface area contributed by atoms with Gasteiger partial charge in [0.25, 0.3) is 0 Å². The maximum absolute atomic E-state index is 13.1. The zero-order valence-electron chi connectivity index (χ0n) is 18.6. The van der Waals surface area contributed by atoms with Crippen LogP contribution in [0.2, 0.25) is 0 Å². The molecule has 0 spiro atoms. The van der Waals surface area contributed by atoms with Crippen molar-refractivity contribution in [2.24, 2.45) is 0 Å². The van der Waals surface area contributed by atoms with E-state index in [1.165, 1.54) is 23.5 Å². The third-order valence-corrected chi connectivity index (χ3v) is 7.39. The summed E-state index contributed by atoms with van der Waals surface area (Å²) in [5, 5.41) is 0. The van der Waals surface area contributed by atoms with E-state index in [0.717, 1.165) is 30.5 Å². The Hall–Kier alpha value is -2.65. The van der Waals surface area contributed by atoms with Gasteiger partial charge in [0.15, 0.2) is 0 Å². The Morgan fingerprint density at radius 2 is 1.78 bits per heavy atom. The van der Waals surface area contributed by atoms with Crippen molar-refractivity contribution in [1.29, 1.82) is 0 Å². The molecule has 0 saturated heterocycles. The molecule has 1 aliphatic rings. The third-order valence-electron chi connectivity index (χ3n) is 5.52. The summed E-state index contributed by atoms with van der Waals surface area (Å²) in [6.07, 6.45) is 2.52. The number of halogens is 1. The topological polar surface area (TPSA) is 76.2 Å². The van der Waals surface area contributed by atoms with Gasteiger partial charge in [0.1, 0.15) is 17.3 Å². The molecule has 2 aromatic rings. The SMILES string of the molecule is COc1ccc(OC)c(CN(C(=O)CCCN(C)S(=O)(=O)c2ccc(F)cc2)C2CC2)c1. The Kier molecular flexibility index (Phi) is 7.73. The number of benzene rings is 2. The van der Waals surface area contributed by atoms with Crippen LogP contribution in [0.1, 0.15) is 31.2 Å². The van der Waals surface area contributed by atoms with Crippen molar-refractivity contribution in [2.75, 3.05) is 27.8 Å². The molecule has 32 heavy (non-hydrogen) atoms. The summed E-state index contributed by atoms with van der Waals surface area (Å²) >= 11 is 0. The third kappa shape index (κ3) is 5.77. The molecule has 1 saturated carbocycles. The Morgan fingerprint density at radius 3 is 2.38 bits per heavy atom. The molecular weight excluding hydrogens is 435 g/mol. The summed E-state index contributed by atoms with van der Waals surface area (Å²) < 4.78 is 50.3. The molecule has 0 unspecified atom stereocenters. The van der Waals surface area contributed by atoms with E-state index in [1.54, 1.807) is 14.2 Å². The Labute approximate surface area is 188 Å². The van der Waals surface area contributed by atoms with Crippen LogP contribution >= 0.6 is 0 Å². The van der Waals surface area contributed by atoms with Gasteiger partial charge in [0.05, 0.1) is 19.1 Å². The predicted octanol–water partition coefficient (Wildman–Crippen LogP) is 3.43. The van der Waals surface area contributed by atoms with Gasteiger partial charge in [-0.3, -0.25) is 4.79 Å². The summed E-state index contributed by atoms with van der Waals surface area (Å²) in [5.41, 5.74) is 0.864. The molecule has 1 fully saturated rings. The number of sulfonamides is 1. The highest BCUT2D eigenvalue weighted by molar-refractivity contribution is 7.89. The average Bonchev–Trinajstić information content (AvgIpc) is 3.62. The number of carbonyl (C=O) groups is 1. The molecule has 0 bridgehead atoms. The number of methoxy groups -OCH3 is 2. The first-order valence-electron chi connectivity index (χ1n) is 10.5. The van der Waals surface area contributed by atoms with E-state index < -0.39 is 15.8 Å². The van der Waals surface area contributed by atoms with Crippen molar-refractivity contribution in [2.45, 2.75) is 43.2 Å². The van der Waals surface area contributed by atoms with Gasteiger partial charge in [-0.25, -0.2) is 17.1 Å². The highest BCUT2D eigenvalue weighted by Gasteiger charge is 2.33. The van der Waals surface area contributed by atoms with Crippen LogP contribution < -0.4 is 9.47 Å². The number of amides is 1. The first-order chi connectivity index (χ1) is 15.3. The molecule has 0 radical (unpaired) electrons. The maximum atomic E-state index is 13.1. The minimum atomic E-state index is -3.73. The minimum absolute atomic E-state index is 0.0232. The van der Waals surface area contributed by atoms with Gasteiger partial charge in [0, 0.05) is 38.2 Å². The van der Waals surface area contributed by atoms with E-state index in [-0.39, 0.29) is 29.8 Å². The van der Waals surface area contributed by atoms with Crippen molar-refractivity contribution < 1.29 is 27.1 Å². The molecule has 0 aromatic heterocycles. The van der Waals surface area contributed by atoms with Gasteiger partial charge >= 0.3 is 0 Å². The van der Waals surface area contributed by atoms with E-state index in [0.29, 0.717) is 24.5 Å². The molecule has 1 aliphatic carbocycles. The van der Waals surface area contributed by atoms with E-state index in [9.17, 15) is 17.6 Å². The zero-order chi connectivity index (χ0) is 23.3. The number of carbonyl (C=O) groups excluding carboxylic acids is 1. The largest absolute Gasteiger partial charge is 0.497 e. The van der Waals surface area contributed by atoms with Crippen LogP contribution in [0, 0.1) is 5.82 Å². The van der Waals surface area contributed by atoms with Crippen molar-refractivity contribution in [3.8, 4) is 11.5 Å². The second-order valence-electron chi connectivity index (χ2n) is 7.81. The monoisotopic (exact) mass is 464 g/mol. The van der Waals surface area contributed by atoms with Crippen LogP contribution in [0.3, 0.4) is 0 Å². The normalized spacial score (nSPS) is 13.8. The van der Waals surface area contributed by atoms with Crippen LogP contribution in [-0.2, 0) is 21.4 Å². The Balaban J connectivity index is 1.61. The van der Waals surface area contributed by atoms with Crippen LogP contribution in [0.25, 0.3) is 0 Å². The fourth-order valence-corrected chi connectivity index (χ4v) is 4.71. The summed E-state index contributed by atoms with van der Waals surface area (Å²) in [7, 11) is 0.908. The quantitative estimate of drug-likeness (QED) is 0.509. The van der Waals surface area contributed by atoms with Crippen molar-refractivity contribution in [1.82, 2.24) is 9.21 Å². The first kappa shape index (κ1) is 24.0. The summed E-state index contributed by atoms with van der Waals surface area (Å²) in [6, 6.07) is 10.4. The molecule has 1 amide bonds. The molecule has 174 valence electrons. The lowest BCUT2D eigenvalue weighted by atomic mass is 10.1. The number of nitrogens with zero attached hydrogens (tertiary/aromatic N) is 2. The second-order valence-corrected chi connectivity index (χ2v) is 9.86. The fraction of sp³-hybridized carbons (Fsp3) is 0.435. The number of ether oxygens (including phenoxy) is 2. The van der Waals surface area contributed by atoms with Gasteiger partial charge in [-0.1, -0.05) is 0 Å². The number of hydrogen-bond donors (Lipinski definition) is 0. The van der Waals surface area contributed by atoms with Crippen LogP contribution in [0.5, 0.6) is 11.5 Å². The lowest BCUT2D eigenvalue weighted by Gasteiger charge is -2.24. The molecule has 3 rings (SSSR count). The molecule has 0 N–H and O–H groups in total. The average molecular weight is 465 g/mol. The first-order valence-corrected chi connectivity index (χ1v) is 11.9. The molecule has 7 nitrogen and oxygen atoms in total. The molecule has 0 heterocycles. The smallest absolute Gasteiger partial charge is 0.242 e. The summed E-state index contributed by atoms with van der Waals surface area (Å²) in [5.74, 6) is 0.862. The second kappa shape index (κ2) is 10.3. The summed E-state index contributed by atoms with van der Waals surface area (Å²) in [4.78, 5) is 14.8. The van der Waals surface area contributed by atoms with E-state index >= 15 is 0 Å². The van der Waals surface area contributed by atoms with Gasteiger partial charge in [0.2, 0.25) is 15.9 Å². The van der Waals surface area contributed by atoms with Gasteiger partial charge < -0.3 is 14.4 Å². The Bertz CT molecular complexity index is 1040. The van der Waals surface area contributed by atoms with Crippen LogP contribution in [-0.4, -0.2) is 57.4 Å². The lowest BCUT2D eigenvalue weighted by Crippen LogP contribution is -2.34. The van der Waals surface area contributed by atoms with Gasteiger partial charge in [-0.2, -0.15) is 0 Å². The summed E-state index contributed by atoms with van der Waals surface area (Å²) in [6.45, 7) is 0.597. The standard InChI is InChI=1S/C23H29FN2O5S/c1-25(32(28,29)21-11-6-18(24)7-12-21)14-4-5-23(27)26(19-8-9-19)16-17-15-20(30-2)10-13-22(17)31-3/h6-7,10-13,15,19H,4-5,8-9,14,16H2,1-3H3. The minimum Gasteiger partial charge on any atom is -0.497 e. The lowest BCUT2D eigenvalue weighted by molar-refractivity contribution is -0.132. The number of hydrogen-bond acceptors (Lipinski definition) is 5. The number of rotatable bonds is 11. The van der Waals surface area contributed by atoms with Gasteiger partial charge in [-0.15, -0.1) is 0 Å². The molecule has 0 atom stereocenters. The van der Waals surface area contributed by atoms with Crippen molar-refractivity contribution in [3.63, 3.8) is 0 Å². The maximum Gasteiger partial charge on any atom is 0.242 e.